The van der Waals surface area contributed by atoms with Gasteiger partial charge in [-0.2, -0.15) is 0 Å². The van der Waals surface area contributed by atoms with Crippen LogP contribution in [0.15, 0.2) is 11.4 Å². The third-order valence-electron chi connectivity index (χ3n) is 2.49. The Morgan fingerprint density at radius 3 is 3.00 bits per heavy atom. The van der Waals surface area contributed by atoms with Crippen molar-refractivity contribution in [2.24, 2.45) is 0 Å². The summed E-state index contributed by atoms with van der Waals surface area (Å²) in [4.78, 5) is 12.9. The molecule has 1 unspecified atom stereocenters. The minimum absolute atomic E-state index is 0.0138. The van der Waals surface area contributed by atoms with Crippen LogP contribution in [0.25, 0.3) is 0 Å². The van der Waals surface area contributed by atoms with Gasteiger partial charge in [0.2, 0.25) is 0 Å². The van der Waals surface area contributed by atoms with E-state index in [0.29, 0.717) is 6.61 Å². The molecule has 96 valence electrons. The van der Waals surface area contributed by atoms with Crippen molar-refractivity contribution in [2.75, 3.05) is 19.0 Å². The highest BCUT2D eigenvalue weighted by molar-refractivity contribution is 9.09. The maximum absolute atomic E-state index is 12.1. The van der Waals surface area contributed by atoms with Crippen LogP contribution >= 0.6 is 27.3 Å². The highest BCUT2D eigenvalue weighted by atomic mass is 79.9. The number of hydrogen-bond donors (Lipinski definition) is 1. The average molecular weight is 320 g/mol. The van der Waals surface area contributed by atoms with Crippen LogP contribution in [-0.2, 0) is 11.2 Å². The normalized spacial score (nSPS) is 12.4. The Morgan fingerprint density at radius 1 is 1.65 bits per heavy atom. The van der Waals surface area contributed by atoms with Gasteiger partial charge in [-0.1, -0.05) is 22.9 Å². The predicted octanol–water partition coefficient (Wildman–Crippen LogP) is 2.84. The molecule has 0 fully saturated rings. The van der Waals surface area contributed by atoms with Crippen LogP contribution in [-0.4, -0.2) is 31.0 Å². The summed E-state index contributed by atoms with van der Waals surface area (Å²) in [5, 5.41) is 5.83. The second-order valence-electron chi connectivity index (χ2n) is 3.73. The summed E-state index contributed by atoms with van der Waals surface area (Å²) in [6, 6.07) is 2.08. The van der Waals surface area contributed by atoms with Gasteiger partial charge in [-0.3, -0.25) is 4.79 Å². The molecule has 1 amide bonds. The van der Waals surface area contributed by atoms with Gasteiger partial charge in [-0.15, -0.1) is 11.3 Å². The third-order valence-corrected chi connectivity index (χ3v) is 3.91. The van der Waals surface area contributed by atoms with Crippen molar-refractivity contribution in [3.8, 4) is 0 Å². The molecule has 0 aliphatic carbocycles. The first-order chi connectivity index (χ1) is 8.22. The lowest BCUT2D eigenvalue weighted by Crippen LogP contribution is -2.38. The Bertz CT molecular complexity index is 348. The van der Waals surface area contributed by atoms with E-state index in [2.05, 4.69) is 28.2 Å². The van der Waals surface area contributed by atoms with Crippen LogP contribution in [0.3, 0.4) is 0 Å². The van der Waals surface area contributed by atoms with Gasteiger partial charge < -0.3 is 10.1 Å². The van der Waals surface area contributed by atoms with Gasteiger partial charge in [0.15, 0.2) is 0 Å². The molecule has 17 heavy (non-hydrogen) atoms. The van der Waals surface area contributed by atoms with Crippen LogP contribution in [0.5, 0.6) is 0 Å². The Labute approximate surface area is 115 Å². The van der Waals surface area contributed by atoms with Gasteiger partial charge in [0.1, 0.15) is 0 Å². The second kappa shape index (κ2) is 7.84. The maximum atomic E-state index is 12.1. The molecule has 1 aromatic heterocycles. The third kappa shape index (κ3) is 4.41. The van der Waals surface area contributed by atoms with E-state index in [1.807, 2.05) is 11.4 Å². The van der Waals surface area contributed by atoms with Gasteiger partial charge in [0, 0.05) is 12.4 Å². The number of ether oxygens (including phenoxy) is 1. The van der Waals surface area contributed by atoms with E-state index >= 15 is 0 Å². The molecule has 5 heteroatoms. The number of hydrogen-bond acceptors (Lipinski definition) is 3. The highest BCUT2D eigenvalue weighted by Gasteiger charge is 2.16. The van der Waals surface area contributed by atoms with Gasteiger partial charge in [-0.05, 0) is 29.9 Å². The van der Waals surface area contributed by atoms with Crippen molar-refractivity contribution < 1.29 is 9.53 Å². The molecular formula is C12H18BrNO2S. The molecule has 1 heterocycles. The number of thiophene rings is 1. The van der Waals surface area contributed by atoms with Gasteiger partial charge in [0.05, 0.1) is 17.5 Å². The zero-order chi connectivity index (χ0) is 12.7. The fraction of sp³-hybridized carbons (Fsp3) is 0.583. The minimum atomic E-state index is 0.0138. The fourth-order valence-corrected chi connectivity index (χ4v) is 3.05. The molecule has 0 radical (unpaired) electrons. The van der Waals surface area contributed by atoms with E-state index in [1.165, 1.54) is 11.3 Å². The molecule has 0 saturated heterocycles. The van der Waals surface area contributed by atoms with Crippen molar-refractivity contribution >= 4 is 33.2 Å². The molecule has 1 atom stereocenters. The number of aryl methyl sites for hydroxylation is 1. The molecule has 0 aliphatic rings. The van der Waals surface area contributed by atoms with Crippen molar-refractivity contribution in [1.82, 2.24) is 5.32 Å². The van der Waals surface area contributed by atoms with E-state index in [-0.39, 0.29) is 11.9 Å². The molecule has 0 aliphatic heterocycles. The molecule has 0 bridgehead atoms. The largest absolute Gasteiger partial charge is 0.383 e. The lowest BCUT2D eigenvalue weighted by Gasteiger charge is -2.16. The van der Waals surface area contributed by atoms with E-state index in [0.717, 1.165) is 28.6 Å². The summed E-state index contributed by atoms with van der Waals surface area (Å²) in [6.07, 6.45) is 1.76. The molecule has 1 aromatic rings. The zero-order valence-corrected chi connectivity index (χ0v) is 12.6. The number of methoxy groups -OCH3 is 1. The minimum Gasteiger partial charge on any atom is -0.383 e. The molecule has 0 saturated carbocycles. The topological polar surface area (TPSA) is 38.3 Å². The van der Waals surface area contributed by atoms with E-state index < -0.39 is 0 Å². The number of alkyl halides is 1. The molecule has 0 aromatic carbocycles. The van der Waals surface area contributed by atoms with Crippen molar-refractivity contribution in [2.45, 2.75) is 25.8 Å². The lowest BCUT2D eigenvalue weighted by molar-refractivity contribution is 0.0898. The quantitative estimate of drug-likeness (QED) is 0.785. The summed E-state index contributed by atoms with van der Waals surface area (Å²) in [7, 11) is 1.65. The smallest absolute Gasteiger partial charge is 0.261 e. The van der Waals surface area contributed by atoms with Crippen LogP contribution in [0, 0.1) is 0 Å². The molecule has 3 nitrogen and oxygen atoms in total. The van der Waals surface area contributed by atoms with Crippen molar-refractivity contribution in [1.29, 1.82) is 0 Å². The maximum Gasteiger partial charge on any atom is 0.261 e. The first-order valence-electron chi connectivity index (χ1n) is 5.65. The molecule has 0 spiro atoms. The Balaban J connectivity index is 2.63. The number of rotatable bonds is 7. The summed E-state index contributed by atoms with van der Waals surface area (Å²) < 4.78 is 5.10. The summed E-state index contributed by atoms with van der Waals surface area (Å²) in [5.41, 5.74) is 1.11. The van der Waals surface area contributed by atoms with E-state index in [1.54, 1.807) is 7.11 Å². The van der Waals surface area contributed by atoms with Crippen LogP contribution < -0.4 is 5.32 Å². The number of nitrogens with one attached hydrogen (secondary N) is 1. The molecular weight excluding hydrogens is 302 g/mol. The molecule has 1 N–H and O–H groups in total. The summed E-state index contributed by atoms with van der Waals surface area (Å²) >= 11 is 4.88. The Kier molecular flexibility index (Phi) is 6.77. The van der Waals surface area contributed by atoms with Gasteiger partial charge >= 0.3 is 0 Å². The number of carbonyl (C=O) groups is 1. The predicted molar refractivity (Wildman–Crippen MR) is 75.2 cm³/mol. The van der Waals surface area contributed by atoms with E-state index in [9.17, 15) is 4.79 Å². The van der Waals surface area contributed by atoms with Crippen LogP contribution in [0.2, 0.25) is 0 Å². The fourth-order valence-electron chi connectivity index (χ4n) is 1.59. The zero-order valence-electron chi connectivity index (χ0n) is 10.2. The summed E-state index contributed by atoms with van der Waals surface area (Å²) in [6.45, 7) is 2.61. The van der Waals surface area contributed by atoms with E-state index in [4.69, 9.17) is 4.74 Å². The first kappa shape index (κ1) is 14.7. The Hall–Kier alpha value is -0.390. The monoisotopic (exact) mass is 319 g/mol. The number of halogens is 1. The average Bonchev–Trinajstić information content (AvgIpc) is 2.77. The molecule has 1 rings (SSSR count). The first-order valence-corrected chi connectivity index (χ1v) is 7.65. The summed E-state index contributed by atoms with van der Waals surface area (Å²) in [5.74, 6) is 0.0138. The lowest BCUT2D eigenvalue weighted by atomic mass is 10.2. The van der Waals surface area contributed by atoms with Crippen molar-refractivity contribution in [3.63, 3.8) is 0 Å². The van der Waals surface area contributed by atoms with Crippen LogP contribution in [0.4, 0.5) is 0 Å². The van der Waals surface area contributed by atoms with Gasteiger partial charge in [0.25, 0.3) is 5.91 Å². The second-order valence-corrected chi connectivity index (χ2v) is 5.44. The van der Waals surface area contributed by atoms with Crippen LogP contribution in [0.1, 0.15) is 28.6 Å². The standard InChI is InChI=1S/C12H18BrNO2S/c1-3-9-5-7-17-11(9)12(15)14-10(4-6-13)8-16-2/h5,7,10H,3-4,6,8H2,1-2H3,(H,14,15). The number of amides is 1. The highest BCUT2D eigenvalue weighted by Crippen LogP contribution is 2.17. The SMILES string of the molecule is CCc1ccsc1C(=O)NC(CCBr)COC. The van der Waals surface area contributed by atoms with Crippen molar-refractivity contribution in [3.05, 3.63) is 21.9 Å². The number of carbonyl (C=O) groups excluding carboxylic acids is 1. The Morgan fingerprint density at radius 2 is 2.41 bits per heavy atom. The van der Waals surface area contributed by atoms with Gasteiger partial charge in [-0.25, -0.2) is 0 Å².